The monoisotopic (exact) mass is 295 g/mol. The summed E-state index contributed by atoms with van der Waals surface area (Å²) in [4.78, 5) is 12.8. The number of carbonyl (C=O) groups is 1. The Morgan fingerprint density at radius 2 is 2.35 bits per heavy atom. The number of nitrogens with zero attached hydrogens (tertiary/aromatic N) is 4. The molecule has 1 amide bonds. The van der Waals surface area contributed by atoms with Crippen molar-refractivity contribution in [1.82, 2.24) is 25.5 Å². The molecule has 0 fully saturated rings. The number of tetrazole rings is 1. The van der Waals surface area contributed by atoms with E-state index in [1.54, 1.807) is 6.07 Å². The Morgan fingerprint density at radius 3 is 3.00 bits per heavy atom. The van der Waals surface area contributed by atoms with Crippen molar-refractivity contribution in [3.05, 3.63) is 22.7 Å². The molecule has 0 unspecified atom stereocenters. The van der Waals surface area contributed by atoms with Gasteiger partial charge in [0.25, 0.3) is 5.91 Å². The van der Waals surface area contributed by atoms with Gasteiger partial charge in [-0.25, -0.2) is 0 Å². The van der Waals surface area contributed by atoms with Crippen LogP contribution in [0.25, 0.3) is 5.69 Å². The lowest BCUT2D eigenvalue weighted by Crippen LogP contribution is -2.34. The number of rotatable bonds is 6. The summed E-state index contributed by atoms with van der Waals surface area (Å²) in [6.07, 6.45) is 2.09. The minimum Gasteiger partial charge on any atom is -0.396 e. The normalized spacial score (nSPS) is 11.6. The molecule has 0 aliphatic heterocycles. The quantitative estimate of drug-likeness (QED) is 0.824. The lowest BCUT2D eigenvalue weighted by atomic mass is 9.90. The largest absolute Gasteiger partial charge is 0.396 e. The smallest absolute Gasteiger partial charge is 0.263 e. The first-order chi connectivity index (χ1) is 9.53. The van der Waals surface area contributed by atoms with Gasteiger partial charge in [0.05, 0.1) is 5.69 Å². The summed E-state index contributed by atoms with van der Waals surface area (Å²) < 4.78 is 1.46. The number of carbonyl (C=O) groups excluding carboxylic acids is 1. The van der Waals surface area contributed by atoms with E-state index in [1.807, 2.05) is 19.2 Å². The molecule has 2 N–H and O–H groups in total. The molecule has 0 aliphatic rings. The van der Waals surface area contributed by atoms with Gasteiger partial charge in [0.15, 0.2) is 0 Å². The van der Waals surface area contributed by atoms with E-state index in [2.05, 4.69) is 20.8 Å². The van der Waals surface area contributed by atoms with Crippen molar-refractivity contribution >= 4 is 17.2 Å². The molecule has 2 aromatic heterocycles. The second kappa shape index (κ2) is 6.10. The van der Waals surface area contributed by atoms with Gasteiger partial charge in [-0.15, -0.1) is 16.4 Å². The molecular weight excluding hydrogens is 278 g/mol. The minimum absolute atomic E-state index is 0.109. The Bertz CT molecular complexity index is 564. The van der Waals surface area contributed by atoms with E-state index < -0.39 is 0 Å². The molecular formula is C12H17N5O2S. The van der Waals surface area contributed by atoms with Gasteiger partial charge in [-0.1, -0.05) is 13.8 Å². The van der Waals surface area contributed by atoms with Crippen molar-refractivity contribution in [2.45, 2.75) is 20.3 Å². The lowest BCUT2D eigenvalue weighted by Gasteiger charge is -2.23. The predicted octanol–water partition coefficient (Wildman–Crippen LogP) is 0.862. The van der Waals surface area contributed by atoms with Crippen molar-refractivity contribution in [3.8, 4) is 5.69 Å². The molecule has 2 heterocycles. The Labute approximate surface area is 120 Å². The van der Waals surface area contributed by atoms with Crippen molar-refractivity contribution in [2.75, 3.05) is 13.2 Å². The van der Waals surface area contributed by atoms with Gasteiger partial charge in [0.2, 0.25) is 0 Å². The van der Waals surface area contributed by atoms with Crippen LogP contribution in [0.2, 0.25) is 0 Å². The standard InChI is InChI=1S/C12H17N5O2S/c1-12(2,4-5-18)7-13-11(19)10-9(3-6-20-10)17-8-14-15-16-17/h3,6,8,18H,4-5,7H2,1-2H3,(H,13,19). The van der Waals surface area contributed by atoms with E-state index in [0.717, 1.165) is 0 Å². The summed E-state index contributed by atoms with van der Waals surface area (Å²) >= 11 is 1.34. The first-order valence-electron chi connectivity index (χ1n) is 6.23. The van der Waals surface area contributed by atoms with Crippen molar-refractivity contribution in [3.63, 3.8) is 0 Å². The average Bonchev–Trinajstić information content (AvgIpc) is 3.05. The molecule has 0 bridgehead atoms. The maximum Gasteiger partial charge on any atom is 0.263 e. The first-order valence-corrected chi connectivity index (χ1v) is 7.11. The Morgan fingerprint density at radius 1 is 1.55 bits per heavy atom. The van der Waals surface area contributed by atoms with Crippen LogP contribution in [0, 0.1) is 5.41 Å². The zero-order valence-electron chi connectivity index (χ0n) is 11.4. The van der Waals surface area contributed by atoms with Gasteiger partial charge in [-0.2, -0.15) is 4.68 Å². The van der Waals surface area contributed by atoms with E-state index in [4.69, 9.17) is 5.11 Å². The van der Waals surface area contributed by atoms with Crippen LogP contribution in [-0.4, -0.2) is 44.4 Å². The summed E-state index contributed by atoms with van der Waals surface area (Å²) in [6, 6.07) is 1.80. The second-order valence-electron chi connectivity index (χ2n) is 5.21. The number of aliphatic hydroxyl groups excluding tert-OH is 1. The number of hydrogen-bond acceptors (Lipinski definition) is 6. The van der Waals surface area contributed by atoms with Gasteiger partial charge >= 0.3 is 0 Å². The second-order valence-corrected chi connectivity index (χ2v) is 6.13. The predicted molar refractivity (Wildman–Crippen MR) is 74.8 cm³/mol. The van der Waals surface area contributed by atoms with Crippen LogP contribution in [0.4, 0.5) is 0 Å². The van der Waals surface area contributed by atoms with Crippen LogP contribution in [0.5, 0.6) is 0 Å². The third kappa shape index (κ3) is 3.40. The van der Waals surface area contributed by atoms with Crippen LogP contribution >= 0.6 is 11.3 Å². The van der Waals surface area contributed by atoms with Crippen LogP contribution in [0.15, 0.2) is 17.8 Å². The molecule has 0 atom stereocenters. The molecule has 20 heavy (non-hydrogen) atoms. The highest BCUT2D eigenvalue weighted by Gasteiger charge is 2.21. The fraction of sp³-hybridized carbons (Fsp3) is 0.500. The summed E-state index contributed by atoms with van der Waals surface area (Å²) in [5.41, 5.74) is 0.522. The van der Waals surface area contributed by atoms with Gasteiger partial charge in [-0.05, 0) is 33.7 Å². The number of hydrogen-bond donors (Lipinski definition) is 2. The molecule has 0 saturated heterocycles. The molecule has 0 aliphatic carbocycles. The highest BCUT2D eigenvalue weighted by Crippen LogP contribution is 2.22. The highest BCUT2D eigenvalue weighted by molar-refractivity contribution is 7.12. The summed E-state index contributed by atoms with van der Waals surface area (Å²) in [5, 5.41) is 24.6. The van der Waals surface area contributed by atoms with E-state index in [9.17, 15) is 4.79 Å². The van der Waals surface area contributed by atoms with Crippen LogP contribution in [0.3, 0.4) is 0 Å². The van der Waals surface area contributed by atoms with E-state index in [1.165, 1.54) is 22.3 Å². The topological polar surface area (TPSA) is 92.9 Å². The zero-order chi connectivity index (χ0) is 14.6. The molecule has 2 aromatic rings. The summed E-state index contributed by atoms with van der Waals surface area (Å²) in [6.45, 7) is 4.61. The molecule has 8 heteroatoms. The third-order valence-corrected chi connectivity index (χ3v) is 3.86. The average molecular weight is 295 g/mol. The Balaban J connectivity index is 2.06. The minimum atomic E-state index is -0.156. The molecule has 0 radical (unpaired) electrons. The molecule has 2 rings (SSSR count). The Hall–Kier alpha value is -1.80. The zero-order valence-corrected chi connectivity index (χ0v) is 12.2. The summed E-state index contributed by atoms with van der Waals surface area (Å²) in [7, 11) is 0. The third-order valence-electron chi connectivity index (χ3n) is 2.96. The van der Waals surface area contributed by atoms with Crippen molar-refractivity contribution in [2.24, 2.45) is 5.41 Å². The van der Waals surface area contributed by atoms with Crippen LogP contribution in [0.1, 0.15) is 29.9 Å². The van der Waals surface area contributed by atoms with Crippen molar-refractivity contribution in [1.29, 1.82) is 0 Å². The molecule has 0 aromatic carbocycles. The van der Waals surface area contributed by atoms with E-state index in [-0.39, 0.29) is 17.9 Å². The van der Waals surface area contributed by atoms with E-state index in [0.29, 0.717) is 23.5 Å². The lowest BCUT2D eigenvalue weighted by molar-refractivity contribution is 0.0932. The molecule has 108 valence electrons. The Kier molecular flexibility index (Phi) is 4.46. The van der Waals surface area contributed by atoms with Crippen LogP contribution in [-0.2, 0) is 0 Å². The maximum absolute atomic E-state index is 12.2. The van der Waals surface area contributed by atoms with Gasteiger partial charge < -0.3 is 10.4 Å². The maximum atomic E-state index is 12.2. The van der Waals surface area contributed by atoms with Gasteiger partial charge in [-0.3, -0.25) is 4.79 Å². The number of thiophene rings is 1. The van der Waals surface area contributed by atoms with Crippen LogP contribution < -0.4 is 5.32 Å². The number of aromatic nitrogens is 4. The SMILES string of the molecule is CC(C)(CCO)CNC(=O)c1sccc1-n1cnnn1. The summed E-state index contributed by atoms with van der Waals surface area (Å²) in [5.74, 6) is -0.156. The van der Waals surface area contributed by atoms with Gasteiger partial charge in [0, 0.05) is 13.2 Å². The number of nitrogens with one attached hydrogen (secondary N) is 1. The molecule has 0 spiro atoms. The first kappa shape index (κ1) is 14.6. The molecule has 7 nitrogen and oxygen atoms in total. The molecule has 0 saturated carbocycles. The van der Waals surface area contributed by atoms with Crippen molar-refractivity contribution < 1.29 is 9.90 Å². The number of aliphatic hydroxyl groups is 1. The number of amides is 1. The van der Waals surface area contributed by atoms with E-state index >= 15 is 0 Å². The van der Waals surface area contributed by atoms with Gasteiger partial charge in [0.1, 0.15) is 11.2 Å². The fourth-order valence-corrected chi connectivity index (χ4v) is 2.51. The fourth-order valence-electron chi connectivity index (χ4n) is 1.72. The highest BCUT2D eigenvalue weighted by atomic mass is 32.1.